The zero-order valence-corrected chi connectivity index (χ0v) is 35.1. The van der Waals surface area contributed by atoms with E-state index in [4.69, 9.17) is 23.7 Å². The highest BCUT2D eigenvalue weighted by molar-refractivity contribution is 5.95. The van der Waals surface area contributed by atoms with Gasteiger partial charge in [0.15, 0.2) is 23.6 Å². The summed E-state index contributed by atoms with van der Waals surface area (Å²) in [7, 11) is 0. The van der Waals surface area contributed by atoms with Crippen LogP contribution >= 0.6 is 0 Å². The SMILES string of the molecule is CCC(C)C(=O)NC(c1ccccc1)C(O)C(=O)OC1C[C@@]2(O)C(OC(=O)c3ccccc3)C3C4(OC(C)=O)CO[C@@H]4CC(O)[C@@]3(C)C(=O)[C@H](OC(C)=O)C(=C1C)C2(C)C. The maximum Gasteiger partial charge on any atom is 0.338 e. The Hall–Kier alpha value is -4.96. The first-order valence-electron chi connectivity index (χ1n) is 20.3. The Bertz CT molecular complexity index is 2050. The molecule has 4 N–H and O–H groups in total. The molecule has 0 radical (unpaired) electrons. The Morgan fingerprint density at radius 1 is 0.933 bits per heavy atom. The quantitative estimate of drug-likeness (QED) is 0.145. The Kier molecular flexibility index (Phi) is 12.2. The minimum Gasteiger partial charge on any atom is -0.456 e. The number of hydrogen-bond donors (Lipinski definition) is 4. The molecular weight excluding hydrogens is 778 g/mol. The largest absolute Gasteiger partial charge is 0.456 e. The van der Waals surface area contributed by atoms with Crippen molar-refractivity contribution in [3.63, 3.8) is 0 Å². The van der Waals surface area contributed by atoms with E-state index in [1.807, 2.05) is 6.92 Å². The first kappa shape index (κ1) is 44.6. The van der Waals surface area contributed by atoms with Crippen molar-refractivity contribution in [2.45, 2.75) is 129 Å². The maximum atomic E-state index is 15.4. The lowest BCUT2D eigenvalue weighted by molar-refractivity contribution is -0.346. The molecule has 60 heavy (non-hydrogen) atoms. The number of benzene rings is 2. The molecule has 6 rings (SSSR count). The van der Waals surface area contributed by atoms with Crippen LogP contribution in [0.4, 0.5) is 0 Å². The number of amides is 1. The molecule has 2 saturated carbocycles. The van der Waals surface area contributed by atoms with Crippen molar-refractivity contribution in [3.8, 4) is 0 Å². The van der Waals surface area contributed by atoms with Gasteiger partial charge in [-0.15, -0.1) is 0 Å². The second kappa shape index (κ2) is 16.5. The van der Waals surface area contributed by atoms with Crippen molar-refractivity contribution in [3.05, 3.63) is 82.9 Å². The number of ketones is 1. The molecule has 15 nitrogen and oxygen atoms in total. The summed E-state index contributed by atoms with van der Waals surface area (Å²) in [6.45, 7) is 11.5. The molecule has 2 aromatic carbocycles. The van der Waals surface area contributed by atoms with Crippen molar-refractivity contribution in [1.82, 2.24) is 5.32 Å². The number of rotatable bonds is 11. The van der Waals surface area contributed by atoms with E-state index in [2.05, 4.69) is 5.32 Å². The van der Waals surface area contributed by atoms with Gasteiger partial charge in [-0.2, -0.15) is 0 Å². The van der Waals surface area contributed by atoms with Crippen molar-refractivity contribution >= 4 is 35.6 Å². The number of aliphatic hydroxyl groups is 3. The average Bonchev–Trinajstić information content (AvgIpc) is 3.20. The van der Waals surface area contributed by atoms with Crippen molar-refractivity contribution in [2.75, 3.05) is 6.61 Å². The molecule has 1 saturated heterocycles. The van der Waals surface area contributed by atoms with Crippen LogP contribution in [0.2, 0.25) is 0 Å². The van der Waals surface area contributed by atoms with Gasteiger partial charge in [0, 0.05) is 38.0 Å². The van der Waals surface area contributed by atoms with Gasteiger partial charge in [-0.3, -0.25) is 19.2 Å². The van der Waals surface area contributed by atoms with Gasteiger partial charge in [-0.1, -0.05) is 76.2 Å². The third-order valence-corrected chi connectivity index (χ3v) is 13.5. The minimum absolute atomic E-state index is 0.00887. The van der Waals surface area contributed by atoms with Crippen LogP contribution in [0.15, 0.2) is 71.8 Å². The van der Waals surface area contributed by atoms with Gasteiger partial charge < -0.3 is 44.3 Å². The average molecular weight is 834 g/mol. The van der Waals surface area contributed by atoms with Gasteiger partial charge in [-0.25, -0.2) is 9.59 Å². The van der Waals surface area contributed by atoms with E-state index >= 15 is 4.79 Å². The van der Waals surface area contributed by atoms with Crippen molar-refractivity contribution in [2.24, 2.45) is 22.7 Å². The van der Waals surface area contributed by atoms with E-state index in [9.17, 15) is 39.3 Å². The van der Waals surface area contributed by atoms with Crippen LogP contribution in [0.5, 0.6) is 0 Å². The number of ether oxygens (including phenoxy) is 5. The number of carbonyl (C=O) groups excluding carboxylic acids is 6. The predicted molar refractivity (Wildman–Crippen MR) is 211 cm³/mol. The lowest BCUT2D eigenvalue weighted by Gasteiger charge is -2.67. The van der Waals surface area contributed by atoms with E-state index < -0.39 is 119 Å². The van der Waals surface area contributed by atoms with Crippen LogP contribution in [0.3, 0.4) is 0 Å². The highest BCUT2D eigenvalue weighted by Gasteiger charge is 2.78. The molecule has 3 fully saturated rings. The van der Waals surface area contributed by atoms with E-state index in [0.29, 0.717) is 12.0 Å². The number of nitrogens with one attached hydrogen (secondary N) is 1. The Labute approximate surface area is 348 Å². The molecule has 15 heteroatoms. The smallest absolute Gasteiger partial charge is 0.338 e. The molecule has 4 aliphatic rings. The predicted octanol–water partition coefficient (Wildman–Crippen LogP) is 3.47. The topological polar surface area (TPSA) is 221 Å². The van der Waals surface area contributed by atoms with Gasteiger partial charge >= 0.3 is 23.9 Å². The first-order chi connectivity index (χ1) is 28.1. The van der Waals surface area contributed by atoms with Crippen molar-refractivity contribution in [1.29, 1.82) is 0 Å². The summed E-state index contributed by atoms with van der Waals surface area (Å²) >= 11 is 0. The molecule has 324 valence electrons. The Morgan fingerprint density at radius 2 is 1.55 bits per heavy atom. The van der Waals surface area contributed by atoms with Gasteiger partial charge in [0.1, 0.15) is 23.9 Å². The number of aliphatic hydroxyl groups excluding tert-OH is 2. The second-order valence-electron chi connectivity index (χ2n) is 17.3. The molecule has 8 unspecified atom stereocenters. The highest BCUT2D eigenvalue weighted by atomic mass is 16.6. The number of hydrogen-bond acceptors (Lipinski definition) is 14. The lowest BCUT2D eigenvalue weighted by Crippen LogP contribution is -2.82. The molecule has 1 amide bonds. The van der Waals surface area contributed by atoms with Crippen LogP contribution in [-0.4, -0.2) is 105 Å². The molecule has 0 aromatic heterocycles. The van der Waals surface area contributed by atoms with Gasteiger partial charge in [0.2, 0.25) is 5.91 Å². The molecule has 2 bridgehead atoms. The summed E-state index contributed by atoms with van der Waals surface area (Å²) in [4.78, 5) is 83.0. The van der Waals surface area contributed by atoms with Gasteiger partial charge in [0.05, 0.1) is 35.6 Å². The Balaban J connectivity index is 1.55. The fourth-order valence-electron chi connectivity index (χ4n) is 9.85. The van der Waals surface area contributed by atoms with E-state index in [1.165, 1.54) is 26.0 Å². The summed E-state index contributed by atoms with van der Waals surface area (Å²) in [5.74, 6) is -7.06. The molecular formula is C45H55NO14. The van der Waals surface area contributed by atoms with Crippen LogP contribution in [0, 0.1) is 22.7 Å². The maximum absolute atomic E-state index is 15.4. The zero-order chi connectivity index (χ0) is 44.1. The number of esters is 4. The standard InChI is InChI=1S/C45H55NO14/c1-9-23(2)39(52)46-33(27-16-12-10-13-17-27)34(50)41(54)58-29-21-45(55)38(59-40(53)28-18-14-11-15-19-28)36-43(8,30(49)20-31-44(36,22-56-31)60-26(5)48)37(51)35(57-25(4)47)32(24(29)3)42(45,6)7/h10-19,23,29-31,33-36,38,49-50,55H,9,20-22H2,1-8H3,(H,46,52)/t23?,29?,30?,31-,33?,34?,35-,36?,38?,43-,44?,45-/m1/s1. The third-order valence-electron chi connectivity index (χ3n) is 13.5. The minimum atomic E-state index is -2.37. The summed E-state index contributed by atoms with van der Waals surface area (Å²) in [6, 6.07) is 14.9. The normalized spacial score (nSPS) is 33.1. The van der Waals surface area contributed by atoms with E-state index in [-0.39, 0.29) is 29.7 Å². The number of Topliss-reactive ketones (excluding diaryl/α,β-unsaturated/α-hetero) is 1. The molecule has 2 aromatic rings. The fourth-order valence-corrected chi connectivity index (χ4v) is 9.85. The van der Waals surface area contributed by atoms with Crippen LogP contribution in [-0.2, 0) is 47.7 Å². The van der Waals surface area contributed by atoms with Gasteiger partial charge in [0.25, 0.3) is 0 Å². The van der Waals surface area contributed by atoms with E-state index in [0.717, 1.165) is 13.8 Å². The fraction of sp³-hybridized carbons (Fsp3) is 0.556. The van der Waals surface area contributed by atoms with Crippen LogP contribution in [0.25, 0.3) is 0 Å². The van der Waals surface area contributed by atoms with Gasteiger partial charge in [-0.05, 0) is 49.1 Å². The molecule has 1 heterocycles. The zero-order valence-electron chi connectivity index (χ0n) is 35.1. The molecule has 0 spiro atoms. The second-order valence-corrected chi connectivity index (χ2v) is 17.3. The Morgan fingerprint density at radius 3 is 2.10 bits per heavy atom. The summed E-state index contributed by atoms with van der Waals surface area (Å²) in [5.41, 5.74) is -7.15. The van der Waals surface area contributed by atoms with Crippen LogP contribution < -0.4 is 5.32 Å². The summed E-state index contributed by atoms with van der Waals surface area (Å²) in [6.07, 6.45) is -9.88. The third kappa shape index (κ3) is 7.32. The van der Waals surface area contributed by atoms with Crippen molar-refractivity contribution < 1.29 is 67.8 Å². The lowest BCUT2D eigenvalue weighted by atomic mass is 9.44. The molecule has 12 atom stereocenters. The summed E-state index contributed by atoms with van der Waals surface area (Å²) in [5, 5.41) is 40.1. The molecule has 1 aliphatic heterocycles. The molecule has 3 aliphatic carbocycles. The first-order valence-corrected chi connectivity index (χ1v) is 20.3. The number of carbonyl (C=O) groups is 6. The van der Waals surface area contributed by atoms with E-state index in [1.54, 1.807) is 69.3 Å². The summed E-state index contributed by atoms with van der Waals surface area (Å²) < 4.78 is 30.2. The number of fused-ring (bicyclic) bond motifs is 5. The van der Waals surface area contributed by atoms with Crippen LogP contribution in [0.1, 0.15) is 96.6 Å². The monoisotopic (exact) mass is 833 g/mol. The highest BCUT2D eigenvalue weighted by Crippen LogP contribution is 2.64.